The Balaban J connectivity index is 2.90. The average molecular weight is 225 g/mol. The lowest BCUT2D eigenvalue weighted by molar-refractivity contribution is -0.141. The van der Waals surface area contributed by atoms with Crippen LogP contribution in [0.4, 0.5) is 0 Å². The van der Waals surface area contributed by atoms with Crippen molar-refractivity contribution in [3.63, 3.8) is 0 Å². The van der Waals surface area contributed by atoms with Crippen LogP contribution in [-0.4, -0.2) is 35.0 Å². The van der Waals surface area contributed by atoms with Gasteiger partial charge in [-0.1, -0.05) is 0 Å². The third-order valence-electron chi connectivity index (χ3n) is 2.21. The van der Waals surface area contributed by atoms with Gasteiger partial charge in [0.2, 0.25) is 0 Å². The van der Waals surface area contributed by atoms with E-state index in [-0.39, 0.29) is 5.56 Å². The Hall–Kier alpha value is -2.11. The number of amides is 1. The molecule has 0 aromatic carbocycles. The highest BCUT2D eigenvalue weighted by atomic mass is 16.4. The maximum Gasteiger partial charge on any atom is 0.335 e. The van der Waals surface area contributed by atoms with Crippen LogP contribution in [-0.2, 0) is 4.79 Å². The maximum absolute atomic E-state index is 11.7. The van der Waals surface area contributed by atoms with Crippen molar-refractivity contribution in [1.82, 2.24) is 4.90 Å². The van der Waals surface area contributed by atoms with E-state index < -0.39 is 23.5 Å². The number of carbonyl (C=O) groups is 2. The first-order valence-corrected chi connectivity index (χ1v) is 4.52. The molecule has 0 fully saturated rings. The minimum absolute atomic E-state index is 0.134. The minimum atomic E-state index is -1.10. The quantitative estimate of drug-likeness (QED) is 0.793. The minimum Gasteiger partial charge on any atom is -0.480 e. The summed E-state index contributed by atoms with van der Waals surface area (Å²) >= 11 is 0. The van der Waals surface area contributed by atoms with Crippen molar-refractivity contribution in [2.45, 2.75) is 13.0 Å². The van der Waals surface area contributed by atoms with Crippen LogP contribution in [0.2, 0.25) is 0 Å². The van der Waals surface area contributed by atoms with Crippen LogP contribution in [0, 0.1) is 0 Å². The fourth-order valence-corrected chi connectivity index (χ4v) is 1.02. The number of carboxylic acid groups (broad SMARTS) is 1. The Bertz CT molecular complexity index is 444. The van der Waals surface area contributed by atoms with Crippen molar-refractivity contribution in [3.8, 4) is 0 Å². The number of aliphatic carboxylic acids is 1. The predicted octanol–water partition coefficient (Wildman–Crippen LogP) is 0.185. The molecule has 0 radical (unpaired) electrons. The highest BCUT2D eigenvalue weighted by Crippen LogP contribution is 2.05. The standard InChI is InChI=1S/C10H11NO5/c1-6(10(14)15)11(2)9(13)7-3-4-8(12)16-5-7/h3-6H,1-2H3,(H,14,15). The lowest BCUT2D eigenvalue weighted by atomic mass is 10.2. The van der Waals surface area contributed by atoms with Crippen LogP contribution in [0.5, 0.6) is 0 Å². The van der Waals surface area contributed by atoms with E-state index in [9.17, 15) is 14.4 Å². The van der Waals surface area contributed by atoms with Crippen LogP contribution < -0.4 is 5.63 Å². The van der Waals surface area contributed by atoms with E-state index in [0.29, 0.717) is 0 Å². The molecule has 0 aliphatic rings. The van der Waals surface area contributed by atoms with E-state index in [2.05, 4.69) is 4.42 Å². The van der Waals surface area contributed by atoms with Crippen molar-refractivity contribution >= 4 is 11.9 Å². The molecule has 1 aromatic heterocycles. The first-order chi connectivity index (χ1) is 7.43. The maximum atomic E-state index is 11.7. The smallest absolute Gasteiger partial charge is 0.335 e. The summed E-state index contributed by atoms with van der Waals surface area (Å²) in [6, 6.07) is 1.45. The molecule has 86 valence electrons. The van der Waals surface area contributed by atoms with Crippen LogP contribution in [0.1, 0.15) is 17.3 Å². The van der Waals surface area contributed by atoms with Gasteiger partial charge in [0.15, 0.2) is 0 Å². The lowest BCUT2D eigenvalue weighted by Crippen LogP contribution is -2.40. The Morgan fingerprint density at radius 2 is 2.06 bits per heavy atom. The second-order valence-electron chi connectivity index (χ2n) is 3.27. The number of carboxylic acids is 1. The molecule has 1 N–H and O–H groups in total. The SMILES string of the molecule is CC(C(=O)O)N(C)C(=O)c1ccc(=O)oc1. The van der Waals surface area contributed by atoms with Gasteiger partial charge in [0.1, 0.15) is 12.3 Å². The number of likely N-dealkylation sites (N-methyl/N-ethyl adjacent to an activating group) is 1. The van der Waals surface area contributed by atoms with Crippen molar-refractivity contribution in [2.75, 3.05) is 7.05 Å². The number of nitrogens with zero attached hydrogens (tertiary/aromatic N) is 1. The predicted molar refractivity (Wildman–Crippen MR) is 54.2 cm³/mol. The zero-order valence-corrected chi connectivity index (χ0v) is 8.84. The fraction of sp³-hybridized carbons (Fsp3) is 0.300. The van der Waals surface area contributed by atoms with Gasteiger partial charge in [-0.2, -0.15) is 0 Å². The Kier molecular flexibility index (Phi) is 3.44. The number of carbonyl (C=O) groups excluding carboxylic acids is 1. The summed E-state index contributed by atoms with van der Waals surface area (Å²) in [5.74, 6) is -1.62. The van der Waals surface area contributed by atoms with Gasteiger partial charge >= 0.3 is 11.6 Å². The Morgan fingerprint density at radius 3 is 2.50 bits per heavy atom. The molecule has 0 aliphatic heterocycles. The molecule has 6 heteroatoms. The van der Waals surface area contributed by atoms with E-state index in [1.54, 1.807) is 0 Å². The van der Waals surface area contributed by atoms with Gasteiger partial charge < -0.3 is 14.4 Å². The molecular formula is C10H11NO5. The van der Waals surface area contributed by atoms with E-state index in [0.717, 1.165) is 17.2 Å². The summed E-state index contributed by atoms with van der Waals surface area (Å²) in [4.78, 5) is 34.1. The van der Waals surface area contributed by atoms with Gasteiger partial charge in [-0.05, 0) is 13.0 Å². The van der Waals surface area contributed by atoms with E-state index in [4.69, 9.17) is 5.11 Å². The second kappa shape index (κ2) is 4.61. The summed E-state index contributed by atoms with van der Waals surface area (Å²) in [5, 5.41) is 8.72. The summed E-state index contributed by atoms with van der Waals surface area (Å²) in [5.41, 5.74) is -0.430. The van der Waals surface area contributed by atoms with Crippen LogP contribution in [0.3, 0.4) is 0 Å². The molecule has 0 aliphatic carbocycles. The highest BCUT2D eigenvalue weighted by Gasteiger charge is 2.22. The molecular weight excluding hydrogens is 214 g/mol. The summed E-state index contributed by atoms with van der Waals surface area (Å²) in [7, 11) is 1.37. The van der Waals surface area contributed by atoms with Gasteiger partial charge in [0.25, 0.3) is 5.91 Å². The Labute approximate surface area is 91.1 Å². The molecule has 0 saturated heterocycles. The second-order valence-corrected chi connectivity index (χ2v) is 3.27. The zero-order chi connectivity index (χ0) is 12.3. The van der Waals surface area contributed by atoms with Crippen LogP contribution in [0.25, 0.3) is 0 Å². The fourth-order valence-electron chi connectivity index (χ4n) is 1.02. The molecule has 1 rings (SSSR count). The van der Waals surface area contributed by atoms with Crippen molar-refractivity contribution in [3.05, 3.63) is 34.4 Å². The topological polar surface area (TPSA) is 87.8 Å². The molecule has 1 amide bonds. The van der Waals surface area contributed by atoms with Crippen LogP contribution in [0.15, 0.2) is 27.6 Å². The normalized spacial score (nSPS) is 11.9. The molecule has 0 saturated carbocycles. The molecule has 0 spiro atoms. The molecule has 1 atom stereocenters. The van der Waals surface area contributed by atoms with Gasteiger partial charge in [-0.25, -0.2) is 9.59 Å². The monoisotopic (exact) mass is 225 g/mol. The third-order valence-corrected chi connectivity index (χ3v) is 2.21. The number of rotatable bonds is 3. The number of hydrogen-bond acceptors (Lipinski definition) is 4. The van der Waals surface area contributed by atoms with Crippen molar-refractivity contribution in [2.24, 2.45) is 0 Å². The number of hydrogen-bond donors (Lipinski definition) is 1. The first kappa shape index (κ1) is 12.0. The third kappa shape index (κ3) is 2.47. The summed E-state index contributed by atoms with van der Waals surface area (Å²) < 4.78 is 4.52. The molecule has 6 nitrogen and oxygen atoms in total. The van der Waals surface area contributed by atoms with Crippen molar-refractivity contribution in [1.29, 1.82) is 0 Å². The van der Waals surface area contributed by atoms with E-state index in [1.165, 1.54) is 20.0 Å². The van der Waals surface area contributed by atoms with Gasteiger partial charge in [-0.15, -0.1) is 0 Å². The van der Waals surface area contributed by atoms with Crippen molar-refractivity contribution < 1.29 is 19.1 Å². The summed E-state index contributed by atoms with van der Waals surface area (Å²) in [6.07, 6.45) is 1.01. The first-order valence-electron chi connectivity index (χ1n) is 4.52. The molecule has 1 unspecified atom stereocenters. The van der Waals surface area contributed by atoms with E-state index >= 15 is 0 Å². The lowest BCUT2D eigenvalue weighted by Gasteiger charge is -2.20. The summed E-state index contributed by atoms with van der Waals surface area (Å²) in [6.45, 7) is 1.39. The van der Waals surface area contributed by atoms with Gasteiger partial charge in [-0.3, -0.25) is 4.79 Å². The molecule has 16 heavy (non-hydrogen) atoms. The highest BCUT2D eigenvalue weighted by molar-refractivity contribution is 5.95. The average Bonchev–Trinajstić information content (AvgIpc) is 2.27. The van der Waals surface area contributed by atoms with Crippen LogP contribution >= 0.6 is 0 Å². The Morgan fingerprint density at radius 1 is 1.44 bits per heavy atom. The van der Waals surface area contributed by atoms with E-state index in [1.807, 2.05) is 0 Å². The molecule has 0 bridgehead atoms. The molecule has 1 heterocycles. The molecule has 1 aromatic rings. The zero-order valence-electron chi connectivity index (χ0n) is 8.84. The van der Waals surface area contributed by atoms with Gasteiger partial charge in [0, 0.05) is 13.1 Å². The van der Waals surface area contributed by atoms with Gasteiger partial charge in [0.05, 0.1) is 5.56 Å². The largest absolute Gasteiger partial charge is 0.480 e.